The maximum Gasteiger partial charge on any atom is 0.161 e. The first kappa shape index (κ1) is 16.9. The number of benzene rings is 2. The number of hydrogen-bond acceptors (Lipinski definition) is 3. The van der Waals surface area contributed by atoms with Gasteiger partial charge in [-0.25, -0.2) is 0 Å². The lowest BCUT2D eigenvalue weighted by Gasteiger charge is -2.41. The van der Waals surface area contributed by atoms with Crippen LogP contribution in [0.3, 0.4) is 0 Å². The summed E-state index contributed by atoms with van der Waals surface area (Å²) in [6, 6.07) is 12.7. The van der Waals surface area contributed by atoms with Crippen molar-refractivity contribution in [2.75, 3.05) is 14.2 Å². The SMILES string of the molecule is COc1cc2c(cc1OC)[C@H]1CCCC[C@@H]1O[C@@H]2c1cccc(Br)c1. The number of halogens is 1. The average molecular weight is 403 g/mol. The Labute approximate surface area is 157 Å². The van der Waals surface area contributed by atoms with E-state index < -0.39 is 0 Å². The summed E-state index contributed by atoms with van der Waals surface area (Å²) in [5.41, 5.74) is 3.74. The number of ether oxygens (including phenoxy) is 3. The summed E-state index contributed by atoms with van der Waals surface area (Å²) in [5.74, 6) is 2.02. The molecule has 3 nitrogen and oxygen atoms in total. The van der Waals surface area contributed by atoms with E-state index in [4.69, 9.17) is 14.2 Å². The number of fused-ring (bicyclic) bond motifs is 3. The molecule has 4 heteroatoms. The molecule has 2 aromatic carbocycles. The second-order valence-corrected chi connectivity index (χ2v) is 7.75. The summed E-state index contributed by atoms with van der Waals surface area (Å²) in [6.45, 7) is 0. The van der Waals surface area contributed by atoms with Gasteiger partial charge in [-0.1, -0.05) is 40.9 Å². The van der Waals surface area contributed by atoms with Crippen LogP contribution < -0.4 is 9.47 Å². The van der Waals surface area contributed by atoms with Crippen molar-refractivity contribution in [2.45, 2.75) is 43.8 Å². The first-order valence-electron chi connectivity index (χ1n) is 8.88. The fraction of sp³-hybridized carbons (Fsp3) is 0.429. The molecule has 1 saturated carbocycles. The maximum absolute atomic E-state index is 6.61. The van der Waals surface area contributed by atoms with E-state index in [0.29, 0.717) is 5.92 Å². The minimum atomic E-state index is -0.0633. The molecule has 2 aromatic rings. The van der Waals surface area contributed by atoms with E-state index >= 15 is 0 Å². The minimum Gasteiger partial charge on any atom is -0.493 e. The topological polar surface area (TPSA) is 27.7 Å². The standard InChI is InChI=1S/C21H23BrO3/c1-23-19-11-16-15-8-3-4-9-18(15)25-21(17(16)12-20(19)24-2)13-6-5-7-14(22)10-13/h5-7,10-12,15,18,21H,3-4,8-9H2,1-2H3/t15-,18+,21-/m1/s1. The molecular formula is C21H23BrO3. The van der Waals surface area contributed by atoms with Crippen molar-refractivity contribution in [3.05, 3.63) is 57.6 Å². The van der Waals surface area contributed by atoms with Crippen LogP contribution in [0, 0.1) is 0 Å². The third-order valence-corrected chi connectivity index (χ3v) is 5.93. The lowest BCUT2D eigenvalue weighted by molar-refractivity contribution is -0.0391. The Balaban J connectivity index is 1.87. The summed E-state index contributed by atoms with van der Waals surface area (Å²) in [5, 5.41) is 0. The summed E-state index contributed by atoms with van der Waals surface area (Å²) < 4.78 is 18.8. The Morgan fingerprint density at radius 2 is 1.68 bits per heavy atom. The van der Waals surface area contributed by atoms with E-state index in [1.165, 1.54) is 36.0 Å². The highest BCUT2D eigenvalue weighted by molar-refractivity contribution is 9.10. The van der Waals surface area contributed by atoms with Crippen LogP contribution in [0.1, 0.15) is 54.4 Å². The zero-order chi connectivity index (χ0) is 17.4. The predicted octanol–water partition coefficient (Wildman–Crippen LogP) is 5.61. The van der Waals surface area contributed by atoms with E-state index in [1.54, 1.807) is 14.2 Å². The first-order chi connectivity index (χ1) is 12.2. The van der Waals surface area contributed by atoms with Crippen LogP contribution in [-0.2, 0) is 4.74 Å². The molecule has 25 heavy (non-hydrogen) atoms. The lowest BCUT2D eigenvalue weighted by Crippen LogP contribution is -2.33. The van der Waals surface area contributed by atoms with Crippen LogP contribution in [0.15, 0.2) is 40.9 Å². The highest BCUT2D eigenvalue weighted by atomic mass is 79.9. The van der Waals surface area contributed by atoms with Gasteiger partial charge in [-0.3, -0.25) is 0 Å². The summed E-state index contributed by atoms with van der Waals surface area (Å²) in [7, 11) is 3.39. The molecule has 0 N–H and O–H groups in total. The lowest BCUT2D eigenvalue weighted by atomic mass is 9.76. The number of rotatable bonds is 3. The van der Waals surface area contributed by atoms with Crippen molar-refractivity contribution in [2.24, 2.45) is 0 Å². The van der Waals surface area contributed by atoms with E-state index in [9.17, 15) is 0 Å². The Bertz CT molecular complexity index is 774. The van der Waals surface area contributed by atoms with Crippen LogP contribution in [0.5, 0.6) is 11.5 Å². The number of methoxy groups -OCH3 is 2. The third kappa shape index (κ3) is 3.06. The molecule has 1 heterocycles. The molecule has 0 amide bonds. The second-order valence-electron chi connectivity index (χ2n) is 6.84. The molecule has 0 spiro atoms. The summed E-state index contributed by atoms with van der Waals surface area (Å²) in [4.78, 5) is 0. The smallest absolute Gasteiger partial charge is 0.161 e. The van der Waals surface area contributed by atoms with Gasteiger partial charge in [0.25, 0.3) is 0 Å². The van der Waals surface area contributed by atoms with Crippen LogP contribution in [0.4, 0.5) is 0 Å². The van der Waals surface area contributed by atoms with Crippen LogP contribution in [-0.4, -0.2) is 20.3 Å². The van der Waals surface area contributed by atoms with Gasteiger partial charge in [-0.15, -0.1) is 0 Å². The Kier molecular flexibility index (Phi) is 4.74. The molecule has 1 aliphatic heterocycles. The van der Waals surface area contributed by atoms with Gasteiger partial charge < -0.3 is 14.2 Å². The van der Waals surface area contributed by atoms with Gasteiger partial charge in [0.2, 0.25) is 0 Å². The molecule has 0 unspecified atom stereocenters. The Morgan fingerprint density at radius 3 is 2.40 bits per heavy atom. The summed E-state index contributed by atoms with van der Waals surface area (Å²) in [6.07, 6.45) is 5.03. The van der Waals surface area contributed by atoms with Gasteiger partial charge in [-0.05, 0) is 53.8 Å². The molecule has 132 valence electrons. The van der Waals surface area contributed by atoms with E-state index in [1.807, 2.05) is 6.07 Å². The van der Waals surface area contributed by atoms with E-state index in [0.717, 1.165) is 22.4 Å². The molecule has 0 radical (unpaired) electrons. The van der Waals surface area contributed by atoms with Crippen molar-refractivity contribution >= 4 is 15.9 Å². The molecule has 0 bridgehead atoms. The van der Waals surface area contributed by atoms with E-state index in [2.05, 4.69) is 46.3 Å². The van der Waals surface area contributed by atoms with Crippen molar-refractivity contribution in [3.8, 4) is 11.5 Å². The maximum atomic E-state index is 6.61. The monoisotopic (exact) mass is 402 g/mol. The zero-order valence-electron chi connectivity index (χ0n) is 14.6. The molecule has 0 aromatic heterocycles. The molecule has 4 rings (SSSR count). The molecule has 3 atom stereocenters. The van der Waals surface area contributed by atoms with E-state index in [-0.39, 0.29) is 12.2 Å². The highest BCUT2D eigenvalue weighted by Gasteiger charge is 2.38. The van der Waals surface area contributed by atoms with Gasteiger partial charge in [0.05, 0.1) is 20.3 Å². The largest absolute Gasteiger partial charge is 0.493 e. The van der Waals surface area contributed by atoms with Crippen LogP contribution in [0.25, 0.3) is 0 Å². The average Bonchev–Trinajstić information content (AvgIpc) is 2.66. The first-order valence-corrected chi connectivity index (χ1v) is 9.67. The fourth-order valence-electron chi connectivity index (χ4n) is 4.25. The second kappa shape index (κ2) is 7.00. The quantitative estimate of drug-likeness (QED) is 0.667. The van der Waals surface area contributed by atoms with Crippen molar-refractivity contribution < 1.29 is 14.2 Å². The van der Waals surface area contributed by atoms with Crippen molar-refractivity contribution in [3.63, 3.8) is 0 Å². The van der Waals surface area contributed by atoms with Gasteiger partial charge in [0, 0.05) is 10.4 Å². The molecular weight excluding hydrogens is 380 g/mol. The minimum absolute atomic E-state index is 0.0633. The van der Waals surface area contributed by atoms with Crippen LogP contribution in [0.2, 0.25) is 0 Å². The van der Waals surface area contributed by atoms with Crippen molar-refractivity contribution in [1.29, 1.82) is 0 Å². The highest BCUT2D eigenvalue weighted by Crippen LogP contribution is 2.49. The Hall–Kier alpha value is -1.52. The molecule has 2 aliphatic rings. The predicted molar refractivity (Wildman–Crippen MR) is 102 cm³/mol. The third-order valence-electron chi connectivity index (χ3n) is 5.44. The fourth-order valence-corrected chi connectivity index (χ4v) is 4.67. The van der Waals surface area contributed by atoms with Gasteiger partial charge in [-0.2, -0.15) is 0 Å². The summed E-state index contributed by atoms with van der Waals surface area (Å²) >= 11 is 3.59. The zero-order valence-corrected chi connectivity index (χ0v) is 16.2. The van der Waals surface area contributed by atoms with Gasteiger partial charge in [0.1, 0.15) is 6.10 Å². The number of hydrogen-bond donors (Lipinski definition) is 0. The van der Waals surface area contributed by atoms with Crippen molar-refractivity contribution in [1.82, 2.24) is 0 Å². The normalized spacial score (nSPS) is 25.0. The molecule has 0 saturated heterocycles. The Morgan fingerprint density at radius 1 is 0.960 bits per heavy atom. The van der Waals surface area contributed by atoms with Crippen LogP contribution >= 0.6 is 15.9 Å². The van der Waals surface area contributed by atoms with Gasteiger partial charge in [0.15, 0.2) is 11.5 Å². The molecule has 1 fully saturated rings. The molecule has 1 aliphatic carbocycles. The van der Waals surface area contributed by atoms with Gasteiger partial charge >= 0.3 is 0 Å².